The Hall–Kier alpha value is -2.75. The van der Waals surface area contributed by atoms with Crippen molar-refractivity contribution in [2.24, 2.45) is 5.92 Å². The molecule has 4 heteroatoms. The average Bonchev–Trinajstić information content (AvgIpc) is 2.73. The first kappa shape index (κ1) is 21.5. The first-order valence-electron chi connectivity index (χ1n) is 9.89. The van der Waals surface area contributed by atoms with Gasteiger partial charge in [-0.3, -0.25) is 0 Å². The van der Waals surface area contributed by atoms with Crippen LogP contribution in [0.3, 0.4) is 0 Å². The van der Waals surface area contributed by atoms with Crippen LogP contribution in [0.15, 0.2) is 48.5 Å². The van der Waals surface area contributed by atoms with Crippen LogP contribution in [-0.4, -0.2) is 24.8 Å². The summed E-state index contributed by atoms with van der Waals surface area (Å²) in [6.45, 7) is 4.72. The Bertz CT molecular complexity index is 760. The number of ether oxygens (including phenoxy) is 2. The molecule has 0 amide bonds. The molecule has 28 heavy (non-hydrogen) atoms. The van der Waals surface area contributed by atoms with E-state index in [1.54, 1.807) is 37.5 Å². The van der Waals surface area contributed by atoms with E-state index in [4.69, 9.17) is 9.47 Å². The molecule has 0 bridgehead atoms. The number of esters is 1. The monoisotopic (exact) mass is 382 g/mol. The zero-order valence-electron chi connectivity index (χ0n) is 17.0. The van der Waals surface area contributed by atoms with Gasteiger partial charge in [-0.1, -0.05) is 57.4 Å². The highest BCUT2D eigenvalue weighted by Crippen LogP contribution is 2.24. The SMILES string of the molecule is CCCCC(CC)COC(=O)/C(=C\c1ccc(OC)cc1)c1ccc(O)cc1. The van der Waals surface area contributed by atoms with Crippen LogP contribution < -0.4 is 4.74 Å². The second-order valence-electron chi connectivity index (χ2n) is 6.89. The lowest BCUT2D eigenvalue weighted by Gasteiger charge is -2.16. The number of benzene rings is 2. The van der Waals surface area contributed by atoms with Gasteiger partial charge in [0.2, 0.25) is 0 Å². The predicted octanol–water partition coefficient (Wildman–Crippen LogP) is 5.70. The second kappa shape index (κ2) is 11.2. The van der Waals surface area contributed by atoms with Crippen LogP contribution in [0.2, 0.25) is 0 Å². The molecule has 0 heterocycles. The number of unbranched alkanes of at least 4 members (excludes halogenated alkanes) is 1. The summed E-state index contributed by atoms with van der Waals surface area (Å²) < 4.78 is 10.9. The molecule has 0 fully saturated rings. The summed E-state index contributed by atoms with van der Waals surface area (Å²) in [5.74, 6) is 0.946. The molecule has 2 aromatic carbocycles. The van der Waals surface area contributed by atoms with Crippen molar-refractivity contribution in [2.75, 3.05) is 13.7 Å². The van der Waals surface area contributed by atoms with E-state index in [9.17, 15) is 9.90 Å². The minimum absolute atomic E-state index is 0.159. The van der Waals surface area contributed by atoms with Crippen molar-refractivity contribution in [3.8, 4) is 11.5 Å². The summed E-state index contributed by atoms with van der Waals surface area (Å²) in [5, 5.41) is 9.57. The van der Waals surface area contributed by atoms with E-state index in [0.29, 0.717) is 23.7 Å². The van der Waals surface area contributed by atoms with Crippen molar-refractivity contribution in [1.82, 2.24) is 0 Å². The fourth-order valence-corrected chi connectivity index (χ4v) is 2.94. The van der Waals surface area contributed by atoms with E-state index in [0.717, 1.165) is 37.0 Å². The molecule has 0 radical (unpaired) electrons. The Morgan fingerprint density at radius 1 is 1.07 bits per heavy atom. The molecule has 1 atom stereocenters. The zero-order chi connectivity index (χ0) is 20.4. The smallest absolute Gasteiger partial charge is 0.338 e. The molecule has 4 nitrogen and oxygen atoms in total. The van der Waals surface area contributed by atoms with Crippen LogP contribution >= 0.6 is 0 Å². The van der Waals surface area contributed by atoms with Crippen LogP contribution in [0.5, 0.6) is 11.5 Å². The fourth-order valence-electron chi connectivity index (χ4n) is 2.94. The Labute approximate surface area is 167 Å². The fraction of sp³-hybridized carbons (Fsp3) is 0.375. The van der Waals surface area contributed by atoms with E-state index in [-0.39, 0.29) is 11.7 Å². The van der Waals surface area contributed by atoms with Gasteiger partial charge in [0.15, 0.2) is 0 Å². The number of hydrogen-bond acceptors (Lipinski definition) is 4. The van der Waals surface area contributed by atoms with Gasteiger partial charge in [0.1, 0.15) is 11.5 Å². The molecule has 150 valence electrons. The third-order valence-electron chi connectivity index (χ3n) is 4.82. The summed E-state index contributed by atoms with van der Waals surface area (Å²) in [6, 6.07) is 14.1. The standard InChI is InChI=1S/C24H30O4/c1-4-6-7-18(5-2)17-28-24(26)23(20-10-12-21(25)13-11-20)16-19-8-14-22(27-3)15-9-19/h8-16,18,25H,4-7,17H2,1-3H3/b23-16-. The molecule has 1 N–H and O–H groups in total. The van der Waals surface area contributed by atoms with Crippen LogP contribution in [-0.2, 0) is 9.53 Å². The van der Waals surface area contributed by atoms with E-state index in [1.165, 1.54) is 0 Å². The van der Waals surface area contributed by atoms with Gasteiger partial charge in [-0.25, -0.2) is 4.79 Å². The van der Waals surface area contributed by atoms with E-state index in [1.807, 2.05) is 24.3 Å². The molecule has 2 rings (SSSR count). The lowest BCUT2D eigenvalue weighted by atomic mass is 10.00. The Morgan fingerprint density at radius 3 is 2.32 bits per heavy atom. The molecule has 0 saturated carbocycles. The molecule has 0 aliphatic carbocycles. The highest BCUT2D eigenvalue weighted by Gasteiger charge is 2.16. The topological polar surface area (TPSA) is 55.8 Å². The van der Waals surface area contributed by atoms with Gasteiger partial charge < -0.3 is 14.6 Å². The molecule has 0 aliphatic heterocycles. The van der Waals surface area contributed by atoms with Crippen LogP contribution in [0.25, 0.3) is 11.6 Å². The number of aromatic hydroxyl groups is 1. The molecule has 0 saturated heterocycles. The molecular weight excluding hydrogens is 352 g/mol. The van der Waals surface area contributed by atoms with Crippen molar-refractivity contribution in [2.45, 2.75) is 39.5 Å². The Morgan fingerprint density at radius 2 is 1.75 bits per heavy atom. The summed E-state index contributed by atoms with van der Waals surface area (Å²) in [7, 11) is 1.62. The van der Waals surface area contributed by atoms with Gasteiger partial charge in [-0.05, 0) is 53.8 Å². The van der Waals surface area contributed by atoms with Crippen molar-refractivity contribution >= 4 is 17.6 Å². The first-order chi connectivity index (χ1) is 13.6. The highest BCUT2D eigenvalue weighted by atomic mass is 16.5. The summed E-state index contributed by atoms with van der Waals surface area (Å²) in [4.78, 5) is 12.9. The maximum Gasteiger partial charge on any atom is 0.338 e. The number of methoxy groups -OCH3 is 1. The maximum absolute atomic E-state index is 12.9. The number of carbonyl (C=O) groups excluding carboxylic acids is 1. The third kappa shape index (κ3) is 6.45. The van der Waals surface area contributed by atoms with Gasteiger partial charge in [0.05, 0.1) is 19.3 Å². The van der Waals surface area contributed by atoms with E-state index >= 15 is 0 Å². The first-order valence-corrected chi connectivity index (χ1v) is 9.89. The summed E-state index contributed by atoms with van der Waals surface area (Å²) in [6.07, 6.45) is 6.14. The number of phenols is 1. The van der Waals surface area contributed by atoms with Gasteiger partial charge in [0, 0.05) is 0 Å². The van der Waals surface area contributed by atoms with Gasteiger partial charge in [-0.15, -0.1) is 0 Å². The second-order valence-corrected chi connectivity index (χ2v) is 6.89. The largest absolute Gasteiger partial charge is 0.508 e. The van der Waals surface area contributed by atoms with Crippen molar-refractivity contribution in [3.63, 3.8) is 0 Å². The molecular formula is C24H30O4. The normalized spacial score (nSPS) is 12.5. The van der Waals surface area contributed by atoms with Crippen molar-refractivity contribution in [1.29, 1.82) is 0 Å². The minimum Gasteiger partial charge on any atom is -0.508 e. The van der Waals surface area contributed by atoms with Crippen LogP contribution in [0, 0.1) is 5.92 Å². The van der Waals surface area contributed by atoms with Crippen molar-refractivity contribution in [3.05, 3.63) is 59.7 Å². The summed E-state index contributed by atoms with van der Waals surface area (Å²) >= 11 is 0. The van der Waals surface area contributed by atoms with Gasteiger partial charge >= 0.3 is 5.97 Å². The lowest BCUT2D eigenvalue weighted by Crippen LogP contribution is -2.15. The zero-order valence-corrected chi connectivity index (χ0v) is 17.0. The van der Waals surface area contributed by atoms with Crippen LogP contribution in [0.1, 0.15) is 50.7 Å². The average molecular weight is 383 g/mol. The van der Waals surface area contributed by atoms with E-state index < -0.39 is 0 Å². The number of rotatable bonds is 10. The van der Waals surface area contributed by atoms with Crippen molar-refractivity contribution < 1.29 is 19.4 Å². The quantitative estimate of drug-likeness (QED) is 0.325. The maximum atomic E-state index is 12.9. The molecule has 2 aromatic rings. The summed E-state index contributed by atoms with van der Waals surface area (Å²) in [5.41, 5.74) is 2.05. The highest BCUT2D eigenvalue weighted by molar-refractivity contribution is 6.21. The number of hydrogen-bond donors (Lipinski definition) is 1. The number of phenolic OH excluding ortho intramolecular Hbond substituents is 1. The molecule has 0 aliphatic rings. The van der Waals surface area contributed by atoms with E-state index in [2.05, 4.69) is 13.8 Å². The van der Waals surface area contributed by atoms with Gasteiger partial charge in [-0.2, -0.15) is 0 Å². The van der Waals surface area contributed by atoms with Crippen LogP contribution in [0.4, 0.5) is 0 Å². The Balaban J connectivity index is 2.23. The lowest BCUT2D eigenvalue weighted by molar-refractivity contribution is -0.138. The molecule has 0 spiro atoms. The molecule has 0 aromatic heterocycles. The number of carbonyl (C=O) groups is 1. The van der Waals surface area contributed by atoms with Gasteiger partial charge in [0.25, 0.3) is 0 Å². The minimum atomic E-state index is -0.351. The Kier molecular flexibility index (Phi) is 8.60. The third-order valence-corrected chi connectivity index (χ3v) is 4.82. The predicted molar refractivity (Wildman–Crippen MR) is 113 cm³/mol. The molecule has 1 unspecified atom stereocenters.